The molecule has 2 aromatic heterocycles. The summed E-state index contributed by atoms with van der Waals surface area (Å²) in [4.78, 5) is 3.64. The Morgan fingerprint density at radius 1 is 1.50 bits per heavy atom. The first-order valence-electron chi connectivity index (χ1n) is 5.97. The fourth-order valence-electron chi connectivity index (χ4n) is 2.29. The summed E-state index contributed by atoms with van der Waals surface area (Å²) in [5, 5.41) is 8.17. The predicted molar refractivity (Wildman–Crippen MR) is 72.8 cm³/mol. The Hall–Kier alpha value is -0.820. The van der Waals surface area contributed by atoms with Crippen molar-refractivity contribution < 1.29 is 4.74 Å². The molecule has 0 spiro atoms. The molecule has 18 heavy (non-hydrogen) atoms. The topological polar surface area (TPSA) is 38.2 Å². The van der Waals surface area contributed by atoms with Gasteiger partial charge in [0.15, 0.2) is 0 Å². The van der Waals surface area contributed by atoms with Crippen LogP contribution in [0.2, 0.25) is 0 Å². The second-order valence-corrected chi connectivity index (χ2v) is 6.22. The quantitative estimate of drug-likeness (QED) is 0.866. The van der Waals surface area contributed by atoms with Crippen LogP contribution in [0.15, 0.2) is 23.0 Å². The van der Waals surface area contributed by atoms with Crippen molar-refractivity contribution in [2.75, 3.05) is 13.1 Å². The van der Waals surface area contributed by atoms with Gasteiger partial charge in [-0.15, -0.1) is 5.10 Å². The monoisotopic (exact) mass is 281 g/mol. The second-order valence-electron chi connectivity index (χ2n) is 4.57. The van der Waals surface area contributed by atoms with E-state index in [0.717, 1.165) is 19.6 Å². The van der Waals surface area contributed by atoms with Crippen LogP contribution in [0.25, 0.3) is 0 Å². The van der Waals surface area contributed by atoms with Crippen LogP contribution < -0.4 is 0 Å². The van der Waals surface area contributed by atoms with E-state index in [-0.39, 0.29) is 12.2 Å². The fraction of sp³-hybridized carbons (Fsp3) is 0.500. The Balaban J connectivity index is 1.69. The van der Waals surface area contributed by atoms with E-state index in [9.17, 15) is 0 Å². The number of rotatable bonds is 3. The maximum Gasteiger partial charge on any atom is 0.0964 e. The van der Waals surface area contributed by atoms with Crippen LogP contribution >= 0.6 is 22.9 Å². The van der Waals surface area contributed by atoms with Crippen molar-refractivity contribution in [1.29, 1.82) is 0 Å². The van der Waals surface area contributed by atoms with Crippen LogP contribution in [0.1, 0.15) is 23.5 Å². The zero-order chi connectivity index (χ0) is 12.4. The second kappa shape index (κ2) is 5.44. The van der Waals surface area contributed by atoms with Crippen molar-refractivity contribution in [3.63, 3.8) is 0 Å². The molecule has 2 atom stereocenters. The molecular weight excluding hydrogens is 266 g/mol. The molecule has 6 heteroatoms. The van der Waals surface area contributed by atoms with Gasteiger partial charge in [-0.2, -0.15) is 11.3 Å². The van der Waals surface area contributed by atoms with Gasteiger partial charge in [0.1, 0.15) is 0 Å². The van der Waals surface area contributed by atoms with Gasteiger partial charge in [0.25, 0.3) is 0 Å². The van der Waals surface area contributed by atoms with Crippen molar-refractivity contribution in [3.05, 3.63) is 33.5 Å². The molecular formula is C12H15N3OS2. The molecule has 2 aromatic rings. The molecule has 2 unspecified atom stereocenters. The molecule has 0 amide bonds. The van der Waals surface area contributed by atoms with Crippen molar-refractivity contribution >= 4 is 22.9 Å². The Kier molecular flexibility index (Phi) is 3.69. The smallest absolute Gasteiger partial charge is 0.0964 e. The van der Waals surface area contributed by atoms with E-state index in [1.807, 2.05) is 6.20 Å². The molecule has 4 nitrogen and oxygen atoms in total. The molecule has 0 radical (unpaired) electrons. The van der Waals surface area contributed by atoms with E-state index in [0.29, 0.717) is 0 Å². The third-order valence-corrected chi connectivity index (χ3v) is 4.38. The molecule has 0 aliphatic carbocycles. The average Bonchev–Trinajstić information content (AvgIpc) is 3.00. The van der Waals surface area contributed by atoms with E-state index in [1.165, 1.54) is 22.0 Å². The summed E-state index contributed by atoms with van der Waals surface area (Å²) in [7, 11) is 0. The minimum Gasteiger partial charge on any atom is -0.368 e. The number of hydrogen-bond donors (Lipinski definition) is 0. The molecule has 0 bridgehead atoms. The highest BCUT2D eigenvalue weighted by Gasteiger charge is 2.26. The lowest BCUT2D eigenvalue weighted by Gasteiger charge is -2.36. The molecule has 1 aliphatic heterocycles. The first-order valence-corrected chi connectivity index (χ1v) is 7.69. The van der Waals surface area contributed by atoms with E-state index < -0.39 is 0 Å². The highest BCUT2D eigenvalue weighted by molar-refractivity contribution is 7.08. The first kappa shape index (κ1) is 12.2. The van der Waals surface area contributed by atoms with Gasteiger partial charge in [-0.05, 0) is 40.8 Å². The number of hydrogen-bond acceptors (Lipinski definition) is 6. The van der Waals surface area contributed by atoms with Crippen LogP contribution in [-0.4, -0.2) is 33.7 Å². The molecule has 96 valence electrons. The maximum atomic E-state index is 6.02. The van der Waals surface area contributed by atoms with Gasteiger partial charge in [0.2, 0.25) is 0 Å². The van der Waals surface area contributed by atoms with Gasteiger partial charge in [-0.3, -0.25) is 4.90 Å². The number of morpholine rings is 1. The highest BCUT2D eigenvalue weighted by Crippen LogP contribution is 2.27. The number of thiophene rings is 1. The summed E-state index contributed by atoms with van der Waals surface area (Å²) in [5.41, 5.74) is 1.29. The van der Waals surface area contributed by atoms with Crippen molar-refractivity contribution in [2.24, 2.45) is 0 Å². The fourth-order valence-corrected chi connectivity index (χ4v) is 3.52. The third-order valence-electron chi connectivity index (χ3n) is 3.04. The Bertz CT molecular complexity index is 471. The molecule has 0 aromatic carbocycles. The minimum absolute atomic E-state index is 0.195. The average molecular weight is 281 g/mol. The standard InChI is InChI=1S/C12H15N3OS2/c1-9-5-15(6-11-4-13-14-18-11)7-12(16-9)10-2-3-17-8-10/h2-4,8-9,12H,5-7H2,1H3. The van der Waals surface area contributed by atoms with Gasteiger partial charge in [-0.25, -0.2) is 0 Å². The lowest BCUT2D eigenvalue weighted by atomic mass is 10.1. The number of nitrogens with zero attached hydrogens (tertiary/aromatic N) is 3. The molecule has 1 aliphatic rings. The summed E-state index contributed by atoms with van der Waals surface area (Å²) in [6, 6.07) is 2.15. The van der Waals surface area contributed by atoms with Crippen molar-refractivity contribution in [2.45, 2.75) is 25.7 Å². The predicted octanol–water partition coefficient (Wildman–Crippen LogP) is 2.56. The van der Waals surface area contributed by atoms with E-state index in [1.54, 1.807) is 11.3 Å². The molecule has 0 saturated carbocycles. The minimum atomic E-state index is 0.195. The van der Waals surface area contributed by atoms with Gasteiger partial charge >= 0.3 is 0 Å². The molecule has 0 N–H and O–H groups in total. The van der Waals surface area contributed by atoms with E-state index >= 15 is 0 Å². The van der Waals surface area contributed by atoms with Crippen LogP contribution in [0, 0.1) is 0 Å². The Morgan fingerprint density at radius 2 is 2.44 bits per heavy atom. The summed E-state index contributed by atoms with van der Waals surface area (Å²) in [6.45, 7) is 4.97. The first-order chi connectivity index (χ1) is 8.81. The summed E-state index contributed by atoms with van der Waals surface area (Å²) in [5.74, 6) is 0. The van der Waals surface area contributed by atoms with Crippen molar-refractivity contribution in [1.82, 2.24) is 14.5 Å². The lowest BCUT2D eigenvalue weighted by Crippen LogP contribution is -2.42. The normalized spacial score (nSPS) is 25.4. The third kappa shape index (κ3) is 2.77. The zero-order valence-corrected chi connectivity index (χ0v) is 11.8. The largest absolute Gasteiger partial charge is 0.368 e. The molecule has 3 rings (SSSR count). The van der Waals surface area contributed by atoms with E-state index in [2.05, 4.69) is 38.2 Å². The van der Waals surface area contributed by atoms with Crippen LogP contribution in [0.3, 0.4) is 0 Å². The molecule has 1 fully saturated rings. The van der Waals surface area contributed by atoms with Crippen LogP contribution in [0.5, 0.6) is 0 Å². The van der Waals surface area contributed by atoms with Gasteiger partial charge in [0.05, 0.1) is 23.3 Å². The summed E-state index contributed by atoms with van der Waals surface area (Å²) in [6.07, 6.45) is 2.31. The number of ether oxygens (including phenoxy) is 1. The molecule has 3 heterocycles. The number of aromatic nitrogens is 2. The van der Waals surface area contributed by atoms with Gasteiger partial charge in [-0.1, -0.05) is 4.49 Å². The van der Waals surface area contributed by atoms with E-state index in [4.69, 9.17) is 4.74 Å². The SMILES string of the molecule is CC1CN(Cc2cnns2)CC(c2ccsc2)O1. The van der Waals surface area contributed by atoms with Crippen molar-refractivity contribution in [3.8, 4) is 0 Å². The van der Waals surface area contributed by atoms with Crippen LogP contribution in [0.4, 0.5) is 0 Å². The maximum absolute atomic E-state index is 6.02. The lowest BCUT2D eigenvalue weighted by molar-refractivity contribution is -0.0810. The summed E-state index contributed by atoms with van der Waals surface area (Å²) >= 11 is 3.20. The Morgan fingerprint density at radius 3 is 3.17 bits per heavy atom. The van der Waals surface area contributed by atoms with Gasteiger partial charge in [0, 0.05) is 19.6 Å². The van der Waals surface area contributed by atoms with Crippen LogP contribution in [-0.2, 0) is 11.3 Å². The van der Waals surface area contributed by atoms with Gasteiger partial charge < -0.3 is 4.74 Å². The highest BCUT2D eigenvalue weighted by atomic mass is 32.1. The molecule has 1 saturated heterocycles. The summed E-state index contributed by atoms with van der Waals surface area (Å²) < 4.78 is 9.93. The zero-order valence-electron chi connectivity index (χ0n) is 10.2. The Labute approximate surface area is 114 Å².